The molecule has 1 N–H and O–H groups in total. The highest BCUT2D eigenvalue weighted by molar-refractivity contribution is 7.99. The monoisotopic (exact) mass is 261 g/mol. The Kier molecular flexibility index (Phi) is 4.61. The van der Waals surface area contributed by atoms with Gasteiger partial charge in [-0.3, -0.25) is 4.98 Å². The maximum atomic E-state index is 10.3. The standard InChI is InChI=1S/C15H19NOS/c1-3-11(2)18-10-15(17)14-9-16-8-12-6-4-5-7-13(12)14/h4-9,11,15,17H,3,10H2,1-2H3. The molecule has 2 unspecified atom stereocenters. The molecule has 2 nitrogen and oxygen atoms in total. The van der Waals surface area contributed by atoms with E-state index in [1.807, 2.05) is 42.2 Å². The third-order valence-electron chi connectivity index (χ3n) is 3.17. The van der Waals surface area contributed by atoms with Crippen molar-refractivity contribution in [2.75, 3.05) is 5.75 Å². The molecular formula is C15H19NOS. The van der Waals surface area contributed by atoms with Crippen molar-refractivity contribution < 1.29 is 5.11 Å². The van der Waals surface area contributed by atoms with Crippen molar-refractivity contribution in [1.82, 2.24) is 4.98 Å². The first-order valence-electron chi connectivity index (χ1n) is 6.34. The molecule has 0 aliphatic heterocycles. The number of aliphatic hydroxyl groups excluding tert-OH is 1. The van der Waals surface area contributed by atoms with Gasteiger partial charge in [-0.1, -0.05) is 38.1 Å². The molecule has 0 aliphatic carbocycles. The molecule has 1 aromatic heterocycles. The number of fused-ring (bicyclic) bond motifs is 1. The van der Waals surface area contributed by atoms with Crippen LogP contribution in [0, 0.1) is 0 Å². The molecule has 2 rings (SSSR count). The second-order valence-electron chi connectivity index (χ2n) is 4.52. The van der Waals surface area contributed by atoms with Gasteiger partial charge in [-0.25, -0.2) is 0 Å². The molecule has 2 atom stereocenters. The molecule has 0 bridgehead atoms. The maximum Gasteiger partial charge on any atom is 0.0901 e. The van der Waals surface area contributed by atoms with E-state index in [4.69, 9.17) is 0 Å². The van der Waals surface area contributed by atoms with Crippen LogP contribution in [0.2, 0.25) is 0 Å². The van der Waals surface area contributed by atoms with Crippen molar-refractivity contribution in [3.05, 3.63) is 42.2 Å². The van der Waals surface area contributed by atoms with Gasteiger partial charge in [0.15, 0.2) is 0 Å². The topological polar surface area (TPSA) is 33.1 Å². The number of pyridine rings is 1. The van der Waals surface area contributed by atoms with E-state index in [0.717, 1.165) is 28.5 Å². The number of benzene rings is 1. The molecule has 0 fully saturated rings. The molecule has 3 heteroatoms. The van der Waals surface area contributed by atoms with E-state index in [0.29, 0.717) is 5.25 Å². The summed E-state index contributed by atoms with van der Waals surface area (Å²) < 4.78 is 0. The minimum atomic E-state index is -0.442. The SMILES string of the molecule is CCC(C)SCC(O)c1cncc2ccccc12. The Morgan fingerprint density at radius 3 is 2.83 bits per heavy atom. The summed E-state index contributed by atoms with van der Waals surface area (Å²) in [5.74, 6) is 0.727. The molecule has 0 saturated heterocycles. The van der Waals surface area contributed by atoms with Gasteiger partial charge in [-0.2, -0.15) is 11.8 Å². The normalized spacial score (nSPS) is 14.6. The number of rotatable bonds is 5. The first kappa shape index (κ1) is 13.4. The van der Waals surface area contributed by atoms with Gasteiger partial charge in [-0.05, 0) is 11.8 Å². The third kappa shape index (κ3) is 3.03. The number of thioether (sulfide) groups is 1. The summed E-state index contributed by atoms with van der Waals surface area (Å²) in [7, 11) is 0. The third-order valence-corrected chi connectivity index (χ3v) is 4.58. The average Bonchev–Trinajstić information content (AvgIpc) is 2.43. The van der Waals surface area contributed by atoms with Gasteiger partial charge < -0.3 is 5.11 Å². The predicted molar refractivity (Wildman–Crippen MR) is 78.9 cm³/mol. The lowest BCUT2D eigenvalue weighted by atomic mass is 10.0. The van der Waals surface area contributed by atoms with Crippen LogP contribution in [0.1, 0.15) is 31.9 Å². The van der Waals surface area contributed by atoms with Crippen LogP contribution in [0.5, 0.6) is 0 Å². The molecule has 1 heterocycles. The van der Waals surface area contributed by atoms with Crippen LogP contribution in [0.3, 0.4) is 0 Å². The highest BCUT2D eigenvalue weighted by Crippen LogP contribution is 2.27. The lowest BCUT2D eigenvalue weighted by molar-refractivity contribution is 0.205. The Bertz CT molecular complexity index is 509. The summed E-state index contributed by atoms with van der Waals surface area (Å²) in [6.07, 6.45) is 4.31. The van der Waals surface area contributed by atoms with Crippen LogP contribution in [0.25, 0.3) is 10.8 Å². The van der Waals surface area contributed by atoms with Crippen molar-refractivity contribution in [2.24, 2.45) is 0 Å². The predicted octanol–water partition coefficient (Wildman–Crippen LogP) is 3.80. The molecule has 96 valence electrons. The zero-order valence-electron chi connectivity index (χ0n) is 10.8. The van der Waals surface area contributed by atoms with Crippen LogP contribution in [-0.2, 0) is 0 Å². The van der Waals surface area contributed by atoms with Crippen molar-refractivity contribution in [3.63, 3.8) is 0 Å². The first-order chi connectivity index (χ1) is 8.72. The highest BCUT2D eigenvalue weighted by atomic mass is 32.2. The summed E-state index contributed by atoms with van der Waals surface area (Å²) in [6, 6.07) is 8.07. The number of nitrogens with zero attached hydrogens (tertiary/aromatic N) is 1. The summed E-state index contributed by atoms with van der Waals surface area (Å²) in [5.41, 5.74) is 0.934. The molecular weight excluding hydrogens is 242 g/mol. The molecule has 18 heavy (non-hydrogen) atoms. The molecule has 0 amide bonds. The number of aromatic nitrogens is 1. The van der Waals surface area contributed by atoms with E-state index in [2.05, 4.69) is 18.8 Å². The Morgan fingerprint density at radius 1 is 1.28 bits per heavy atom. The minimum absolute atomic E-state index is 0.442. The smallest absolute Gasteiger partial charge is 0.0901 e. The zero-order chi connectivity index (χ0) is 13.0. The van der Waals surface area contributed by atoms with Gasteiger partial charge >= 0.3 is 0 Å². The Morgan fingerprint density at radius 2 is 2.06 bits per heavy atom. The van der Waals surface area contributed by atoms with Crippen LogP contribution in [-0.4, -0.2) is 21.1 Å². The van der Waals surface area contributed by atoms with Crippen LogP contribution in [0.15, 0.2) is 36.7 Å². The lowest BCUT2D eigenvalue weighted by Gasteiger charge is -2.15. The van der Waals surface area contributed by atoms with Crippen molar-refractivity contribution in [1.29, 1.82) is 0 Å². The van der Waals surface area contributed by atoms with E-state index in [-0.39, 0.29) is 0 Å². The van der Waals surface area contributed by atoms with Crippen LogP contribution >= 0.6 is 11.8 Å². The van der Waals surface area contributed by atoms with Gasteiger partial charge in [0.25, 0.3) is 0 Å². The summed E-state index contributed by atoms with van der Waals surface area (Å²) in [5, 5.41) is 13.1. The summed E-state index contributed by atoms with van der Waals surface area (Å²) in [6.45, 7) is 4.36. The zero-order valence-corrected chi connectivity index (χ0v) is 11.7. The maximum absolute atomic E-state index is 10.3. The van der Waals surface area contributed by atoms with Gasteiger partial charge in [0.1, 0.15) is 0 Å². The highest BCUT2D eigenvalue weighted by Gasteiger charge is 2.13. The second-order valence-corrected chi connectivity index (χ2v) is 5.99. The summed E-state index contributed by atoms with van der Waals surface area (Å²) >= 11 is 1.81. The Balaban J connectivity index is 2.19. The lowest BCUT2D eigenvalue weighted by Crippen LogP contribution is -2.05. The van der Waals surface area contributed by atoms with E-state index < -0.39 is 6.10 Å². The Hall–Kier alpha value is -1.06. The molecule has 0 radical (unpaired) electrons. The van der Waals surface area contributed by atoms with E-state index >= 15 is 0 Å². The molecule has 0 spiro atoms. The van der Waals surface area contributed by atoms with Gasteiger partial charge in [0, 0.05) is 34.3 Å². The summed E-state index contributed by atoms with van der Waals surface area (Å²) in [4.78, 5) is 4.21. The fourth-order valence-corrected chi connectivity index (χ4v) is 2.79. The second kappa shape index (κ2) is 6.21. The molecule has 1 aromatic carbocycles. The Labute approximate surface area is 112 Å². The van der Waals surface area contributed by atoms with Crippen LogP contribution < -0.4 is 0 Å². The van der Waals surface area contributed by atoms with E-state index in [1.165, 1.54) is 0 Å². The van der Waals surface area contributed by atoms with Crippen molar-refractivity contribution in [3.8, 4) is 0 Å². The van der Waals surface area contributed by atoms with Gasteiger partial charge in [0.05, 0.1) is 6.10 Å². The fraction of sp³-hybridized carbons (Fsp3) is 0.400. The fourth-order valence-electron chi connectivity index (χ4n) is 1.87. The molecule has 2 aromatic rings. The first-order valence-corrected chi connectivity index (χ1v) is 7.39. The van der Waals surface area contributed by atoms with Crippen molar-refractivity contribution in [2.45, 2.75) is 31.6 Å². The number of aliphatic hydroxyl groups is 1. The van der Waals surface area contributed by atoms with Gasteiger partial charge in [0.2, 0.25) is 0 Å². The largest absolute Gasteiger partial charge is 0.387 e. The molecule has 0 saturated carbocycles. The van der Waals surface area contributed by atoms with Crippen LogP contribution in [0.4, 0.5) is 0 Å². The minimum Gasteiger partial charge on any atom is -0.387 e. The van der Waals surface area contributed by atoms with Crippen molar-refractivity contribution >= 4 is 22.5 Å². The van der Waals surface area contributed by atoms with E-state index in [1.54, 1.807) is 6.20 Å². The van der Waals surface area contributed by atoms with E-state index in [9.17, 15) is 5.11 Å². The number of hydrogen-bond acceptors (Lipinski definition) is 3. The van der Waals surface area contributed by atoms with Gasteiger partial charge in [-0.15, -0.1) is 0 Å². The number of hydrogen-bond donors (Lipinski definition) is 1. The average molecular weight is 261 g/mol. The molecule has 0 aliphatic rings. The quantitative estimate of drug-likeness (QED) is 0.888.